The van der Waals surface area contributed by atoms with E-state index in [0.29, 0.717) is 16.6 Å². The van der Waals surface area contributed by atoms with Gasteiger partial charge in [0.1, 0.15) is 5.82 Å². The van der Waals surface area contributed by atoms with Crippen molar-refractivity contribution < 1.29 is 18.8 Å². The van der Waals surface area contributed by atoms with E-state index >= 15 is 0 Å². The number of methoxy groups -OCH3 is 1. The second-order valence-electron chi connectivity index (χ2n) is 6.57. The quantitative estimate of drug-likeness (QED) is 0.377. The van der Waals surface area contributed by atoms with Crippen molar-refractivity contribution in [2.24, 2.45) is 4.99 Å². The summed E-state index contributed by atoms with van der Waals surface area (Å²) in [7, 11) is 1.21. The van der Waals surface area contributed by atoms with E-state index in [9.17, 15) is 19.3 Å². The standard InChI is InChI=1S/C20H18BrFN2O4/c1-28-19(25)20(10-9-18(23-20)13-5-3-2-4-6-13)16(12-24(26)27)15-8-7-14(21)11-17(15)22/h2-8,11,16H,9-10,12H2,1H3/t16-,20+/m0/s1. The number of carbonyl (C=O) groups excluding carboxylic acids is 1. The lowest BCUT2D eigenvalue weighted by atomic mass is 9.77. The summed E-state index contributed by atoms with van der Waals surface area (Å²) < 4.78 is 20.2. The molecule has 1 heterocycles. The number of hydrogen-bond acceptors (Lipinski definition) is 5. The molecule has 0 aromatic heterocycles. The number of rotatable bonds is 6. The maximum absolute atomic E-state index is 14.7. The average molecular weight is 449 g/mol. The fourth-order valence-electron chi connectivity index (χ4n) is 3.66. The summed E-state index contributed by atoms with van der Waals surface area (Å²) in [6, 6.07) is 13.5. The average Bonchev–Trinajstić information content (AvgIpc) is 3.13. The van der Waals surface area contributed by atoms with Gasteiger partial charge in [0.25, 0.3) is 0 Å². The minimum absolute atomic E-state index is 0.0726. The molecule has 2 aromatic carbocycles. The Labute approximate surface area is 169 Å². The molecule has 0 N–H and O–H groups in total. The Kier molecular flexibility index (Phi) is 5.88. The first-order chi connectivity index (χ1) is 13.4. The van der Waals surface area contributed by atoms with Gasteiger partial charge in [-0.25, -0.2) is 9.18 Å². The first-order valence-electron chi connectivity index (χ1n) is 8.66. The van der Waals surface area contributed by atoms with Crippen molar-refractivity contribution in [2.45, 2.75) is 24.3 Å². The molecule has 0 saturated heterocycles. The maximum Gasteiger partial charge on any atom is 0.334 e. The molecule has 0 saturated carbocycles. The molecular weight excluding hydrogens is 431 g/mol. The molecule has 0 bridgehead atoms. The van der Waals surface area contributed by atoms with E-state index in [1.54, 1.807) is 6.07 Å². The van der Waals surface area contributed by atoms with Crippen LogP contribution in [0.15, 0.2) is 58.0 Å². The van der Waals surface area contributed by atoms with Gasteiger partial charge in [-0.1, -0.05) is 52.3 Å². The number of esters is 1. The smallest absolute Gasteiger partial charge is 0.334 e. The summed E-state index contributed by atoms with van der Waals surface area (Å²) in [6.45, 7) is -0.640. The molecule has 0 spiro atoms. The summed E-state index contributed by atoms with van der Waals surface area (Å²) in [6.07, 6.45) is 0.642. The predicted molar refractivity (Wildman–Crippen MR) is 106 cm³/mol. The van der Waals surface area contributed by atoms with E-state index in [2.05, 4.69) is 20.9 Å². The second kappa shape index (κ2) is 8.18. The summed E-state index contributed by atoms with van der Waals surface area (Å²) in [5.74, 6) is -2.43. The SMILES string of the molecule is COC(=O)[C@]1([C@@H](C[N+](=O)[O-])c2ccc(Br)cc2F)CCC(c2ccccc2)=N1. The molecule has 0 aliphatic carbocycles. The lowest BCUT2D eigenvalue weighted by Crippen LogP contribution is -2.45. The third-order valence-corrected chi connectivity index (χ3v) is 5.46. The Morgan fingerprint density at radius 2 is 2.07 bits per heavy atom. The fraction of sp³-hybridized carbons (Fsp3) is 0.300. The molecule has 0 fully saturated rings. The van der Waals surface area contributed by atoms with Gasteiger partial charge in [0.15, 0.2) is 5.54 Å². The van der Waals surface area contributed by atoms with Gasteiger partial charge < -0.3 is 4.74 Å². The summed E-state index contributed by atoms with van der Waals surface area (Å²) in [4.78, 5) is 28.3. The summed E-state index contributed by atoms with van der Waals surface area (Å²) >= 11 is 3.18. The van der Waals surface area contributed by atoms with Gasteiger partial charge in [-0.2, -0.15) is 0 Å². The lowest BCUT2D eigenvalue weighted by Gasteiger charge is -2.30. The van der Waals surface area contributed by atoms with Crippen molar-refractivity contribution in [2.75, 3.05) is 13.7 Å². The van der Waals surface area contributed by atoms with Crippen molar-refractivity contribution >= 4 is 27.6 Å². The predicted octanol–water partition coefficient (Wildman–Crippen LogP) is 4.14. The van der Waals surface area contributed by atoms with Crippen LogP contribution in [0.5, 0.6) is 0 Å². The Morgan fingerprint density at radius 3 is 2.68 bits per heavy atom. The Hall–Kier alpha value is -2.61. The van der Waals surface area contributed by atoms with Crippen LogP contribution in [0.3, 0.4) is 0 Å². The van der Waals surface area contributed by atoms with Crippen LogP contribution in [0.25, 0.3) is 0 Å². The number of nitro groups is 1. The van der Waals surface area contributed by atoms with Gasteiger partial charge in [-0.05, 0) is 30.5 Å². The van der Waals surface area contributed by atoms with Crippen LogP contribution in [0.2, 0.25) is 0 Å². The molecule has 0 amide bonds. The highest BCUT2D eigenvalue weighted by molar-refractivity contribution is 9.10. The molecule has 28 heavy (non-hydrogen) atoms. The van der Waals surface area contributed by atoms with Gasteiger partial charge in [0, 0.05) is 20.7 Å². The minimum atomic E-state index is -1.55. The number of aliphatic imine (C=N–C) groups is 1. The fourth-order valence-corrected chi connectivity index (χ4v) is 3.99. The van der Waals surface area contributed by atoms with Gasteiger partial charge in [0.2, 0.25) is 6.54 Å². The first-order valence-corrected chi connectivity index (χ1v) is 9.46. The number of benzene rings is 2. The van der Waals surface area contributed by atoms with Crippen molar-refractivity contribution in [1.29, 1.82) is 0 Å². The Bertz CT molecular complexity index is 935. The number of halogens is 2. The molecule has 0 unspecified atom stereocenters. The van der Waals surface area contributed by atoms with E-state index < -0.39 is 34.7 Å². The molecule has 6 nitrogen and oxygen atoms in total. The number of nitrogens with zero attached hydrogens (tertiary/aromatic N) is 2. The van der Waals surface area contributed by atoms with Gasteiger partial charge in [-0.3, -0.25) is 15.1 Å². The number of hydrogen-bond donors (Lipinski definition) is 0. The molecule has 0 radical (unpaired) electrons. The highest BCUT2D eigenvalue weighted by atomic mass is 79.9. The van der Waals surface area contributed by atoms with Crippen LogP contribution in [0, 0.1) is 15.9 Å². The zero-order chi connectivity index (χ0) is 20.3. The van der Waals surface area contributed by atoms with Crippen LogP contribution in [-0.4, -0.2) is 35.8 Å². The topological polar surface area (TPSA) is 81.8 Å². The molecule has 1 aliphatic rings. The van der Waals surface area contributed by atoms with E-state index in [1.165, 1.54) is 19.2 Å². The normalized spacial score (nSPS) is 19.8. The first kappa shape index (κ1) is 20.1. The summed E-state index contributed by atoms with van der Waals surface area (Å²) in [5.41, 5.74) is -0.00794. The van der Waals surface area contributed by atoms with Crippen LogP contribution in [-0.2, 0) is 9.53 Å². The van der Waals surface area contributed by atoms with E-state index in [-0.39, 0.29) is 12.0 Å². The Balaban J connectivity index is 2.16. The van der Waals surface area contributed by atoms with Crippen molar-refractivity contribution in [3.05, 3.63) is 80.1 Å². The third kappa shape index (κ3) is 3.82. The van der Waals surface area contributed by atoms with Crippen molar-refractivity contribution in [1.82, 2.24) is 0 Å². The molecule has 8 heteroatoms. The van der Waals surface area contributed by atoms with Crippen molar-refractivity contribution in [3.8, 4) is 0 Å². The molecule has 2 aromatic rings. The summed E-state index contributed by atoms with van der Waals surface area (Å²) in [5, 5.41) is 11.4. The monoisotopic (exact) mass is 448 g/mol. The van der Waals surface area contributed by atoms with Crippen LogP contribution >= 0.6 is 15.9 Å². The van der Waals surface area contributed by atoms with Crippen LogP contribution in [0.1, 0.15) is 29.9 Å². The van der Waals surface area contributed by atoms with Crippen LogP contribution in [0.4, 0.5) is 4.39 Å². The highest BCUT2D eigenvalue weighted by Gasteiger charge is 2.53. The van der Waals surface area contributed by atoms with E-state index in [4.69, 9.17) is 4.74 Å². The largest absolute Gasteiger partial charge is 0.467 e. The van der Waals surface area contributed by atoms with E-state index in [1.807, 2.05) is 30.3 Å². The lowest BCUT2D eigenvalue weighted by molar-refractivity contribution is -0.484. The van der Waals surface area contributed by atoms with Gasteiger partial charge in [-0.15, -0.1) is 0 Å². The molecular formula is C20H18BrFN2O4. The van der Waals surface area contributed by atoms with E-state index in [0.717, 1.165) is 5.56 Å². The highest BCUT2D eigenvalue weighted by Crippen LogP contribution is 2.43. The zero-order valence-electron chi connectivity index (χ0n) is 15.1. The number of ether oxygens (including phenoxy) is 1. The minimum Gasteiger partial charge on any atom is -0.467 e. The molecule has 1 aliphatic heterocycles. The van der Waals surface area contributed by atoms with Gasteiger partial charge >= 0.3 is 5.97 Å². The zero-order valence-corrected chi connectivity index (χ0v) is 16.7. The molecule has 146 valence electrons. The van der Waals surface area contributed by atoms with Gasteiger partial charge in [0.05, 0.1) is 13.0 Å². The molecule has 2 atom stereocenters. The second-order valence-corrected chi connectivity index (χ2v) is 7.49. The third-order valence-electron chi connectivity index (χ3n) is 4.97. The number of carbonyl (C=O) groups is 1. The Morgan fingerprint density at radius 1 is 1.36 bits per heavy atom. The van der Waals surface area contributed by atoms with Crippen LogP contribution < -0.4 is 0 Å². The van der Waals surface area contributed by atoms with Crippen molar-refractivity contribution in [3.63, 3.8) is 0 Å². The molecule has 3 rings (SSSR count). The maximum atomic E-state index is 14.7.